The summed E-state index contributed by atoms with van der Waals surface area (Å²) in [7, 11) is 0. The molecule has 3 aromatic rings. The molecule has 0 fully saturated rings. The number of amides is 1. The molecule has 3 rings (SSSR count). The third-order valence-corrected chi connectivity index (χ3v) is 3.86. The van der Waals surface area contributed by atoms with Gasteiger partial charge in [-0.3, -0.25) is 4.79 Å². The van der Waals surface area contributed by atoms with Gasteiger partial charge in [-0.25, -0.2) is 23.1 Å². The standard InChI is InChI=1S/C18H16F2N4O3/c1-9-7-10(2)24-16(22-9)12(8-21-24)18(26)27-11(3)17(25)23-15-13(19)5-4-6-14(15)20/h4-8,11H,1-3H3,(H,23,25)/t11-/m1/s1. The van der Waals surface area contributed by atoms with Crippen LogP contribution >= 0.6 is 0 Å². The summed E-state index contributed by atoms with van der Waals surface area (Å²) in [6, 6.07) is 4.98. The summed E-state index contributed by atoms with van der Waals surface area (Å²) >= 11 is 0. The zero-order valence-corrected chi connectivity index (χ0v) is 14.8. The van der Waals surface area contributed by atoms with Crippen molar-refractivity contribution < 1.29 is 23.1 Å². The summed E-state index contributed by atoms with van der Waals surface area (Å²) in [5.41, 5.74) is 1.24. The molecule has 1 aromatic carbocycles. The summed E-state index contributed by atoms with van der Waals surface area (Å²) in [5, 5.41) is 6.16. The Kier molecular flexibility index (Phi) is 4.85. The summed E-state index contributed by atoms with van der Waals surface area (Å²) in [4.78, 5) is 28.8. The number of carbonyl (C=O) groups is 2. The molecular formula is C18H16F2N4O3. The van der Waals surface area contributed by atoms with Gasteiger partial charge in [0, 0.05) is 11.4 Å². The summed E-state index contributed by atoms with van der Waals surface area (Å²) in [6.07, 6.45) is -0.00417. The predicted molar refractivity (Wildman–Crippen MR) is 92.3 cm³/mol. The third kappa shape index (κ3) is 3.62. The molecule has 0 unspecified atom stereocenters. The fourth-order valence-corrected chi connectivity index (χ4v) is 2.53. The predicted octanol–water partition coefficient (Wildman–Crippen LogP) is 2.81. The molecule has 2 heterocycles. The Labute approximate surface area is 153 Å². The number of fused-ring (bicyclic) bond motifs is 1. The molecule has 0 saturated heterocycles. The number of halogens is 2. The quantitative estimate of drug-likeness (QED) is 0.710. The Balaban J connectivity index is 1.77. The van der Waals surface area contributed by atoms with Crippen molar-refractivity contribution in [2.75, 3.05) is 5.32 Å². The number of ether oxygens (including phenoxy) is 1. The van der Waals surface area contributed by atoms with Crippen molar-refractivity contribution in [1.29, 1.82) is 0 Å². The lowest BCUT2D eigenvalue weighted by Gasteiger charge is -2.14. The molecule has 1 amide bonds. The lowest BCUT2D eigenvalue weighted by atomic mass is 10.2. The molecule has 0 radical (unpaired) electrons. The second-order valence-electron chi connectivity index (χ2n) is 5.97. The van der Waals surface area contributed by atoms with Crippen LogP contribution in [0.2, 0.25) is 0 Å². The van der Waals surface area contributed by atoms with E-state index in [9.17, 15) is 18.4 Å². The molecule has 7 nitrogen and oxygen atoms in total. The highest BCUT2D eigenvalue weighted by Crippen LogP contribution is 2.19. The number of rotatable bonds is 4. The molecule has 27 heavy (non-hydrogen) atoms. The molecule has 140 valence electrons. The van der Waals surface area contributed by atoms with Crippen LogP contribution < -0.4 is 5.32 Å². The molecule has 0 bridgehead atoms. The van der Waals surface area contributed by atoms with E-state index < -0.39 is 35.3 Å². The molecule has 9 heteroatoms. The number of carbonyl (C=O) groups excluding carboxylic acids is 2. The zero-order valence-electron chi connectivity index (χ0n) is 14.8. The number of hydrogen-bond acceptors (Lipinski definition) is 5. The van der Waals surface area contributed by atoms with Crippen LogP contribution in [0, 0.1) is 25.5 Å². The van der Waals surface area contributed by atoms with Crippen LogP contribution in [-0.4, -0.2) is 32.6 Å². The fraction of sp³-hybridized carbons (Fsp3) is 0.222. The van der Waals surface area contributed by atoms with Gasteiger partial charge >= 0.3 is 5.97 Å². The first kappa shape index (κ1) is 18.4. The Bertz CT molecular complexity index is 1030. The number of para-hydroxylation sites is 1. The molecular weight excluding hydrogens is 358 g/mol. The number of nitrogens with zero attached hydrogens (tertiary/aromatic N) is 3. The summed E-state index contributed by atoms with van der Waals surface area (Å²) in [5.74, 6) is -3.55. The first-order valence-electron chi connectivity index (χ1n) is 8.05. The minimum Gasteiger partial charge on any atom is -0.449 e. The van der Waals surface area contributed by atoms with Gasteiger partial charge in [0.2, 0.25) is 0 Å². The average molecular weight is 374 g/mol. The molecule has 0 saturated carbocycles. The van der Waals surface area contributed by atoms with Crippen molar-refractivity contribution in [1.82, 2.24) is 14.6 Å². The molecule has 0 aliphatic heterocycles. The van der Waals surface area contributed by atoms with Gasteiger partial charge in [-0.2, -0.15) is 5.10 Å². The monoisotopic (exact) mass is 374 g/mol. The van der Waals surface area contributed by atoms with Crippen LogP contribution in [0.15, 0.2) is 30.5 Å². The number of anilines is 1. The maximum absolute atomic E-state index is 13.6. The lowest BCUT2D eigenvalue weighted by Crippen LogP contribution is -2.30. The highest BCUT2D eigenvalue weighted by Gasteiger charge is 2.24. The van der Waals surface area contributed by atoms with Gasteiger partial charge in [-0.1, -0.05) is 6.07 Å². The first-order valence-corrected chi connectivity index (χ1v) is 8.05. The van der Waals surface area contributed by atoms with Crippen LogP contribution in [0.3, 0.4) is 0 Å². The number of hydrogen-bond donors (Lipinski definition) is 1. The van der Waals surface area contributed by atoms with Gasteiger partial charge in [0.1, 0.15) is 22.9 Å². The Morgan fingerprint density at radius 3 is 2.56 bits per heavy atom. The Morgan fingerprint density at radius 2 is 1.89 bits per heavy atom. The van der Waals surface area contributed by atoms with Gasteiger partial charge in [0.05, 0.1) is 6.20 Å². The van der Waals surface area contributed by atoms with Gasteiger partial charge in [0.25, 0.3) is 5.91 Å². The molecule has 2 aromatic heterocycles. The van der Waals surface area contributed by atoms with E-state index in [0.717, 1.165) is 17.8 Å². The van der Waals surface area contributed by atoms with E-state index >= 15 is 0 Å². The van der Waals surface area contributed by atoms with Crippen LogP contribution in [0.1, 0.15) is 28.7 Å². The summed E-state index contributed by atoms with van der Waals surface area (Å²) in [6.45, 7) is 4.87. The lowest BCUT2D eigenvalue weighted by molar-refractivity contribution is -0.123. The van der Waals surface area contributed by atoms with Crippen LogP contribution in [0.25, 0.3) is 5.65 Å². The number of nitrogens with one attached hydrogen (secondary N) is 1. The van der Waals surface area contributed by atoms with Crippen molar-refractivity contribution >= 4 is 23.2 Å². The molecule has 1 N–H and O–H groups in total. The highest BCUT2D eigenvalue weighted by atomic mass is 19.1. The number of aromatic nitrogens is 3. The number of aryl methyl sites for hydroxylation is 2. The molecule has 0 aliphatic rings. The SMILES string of the molecule is Cc1cc(C)n2ncc(C(=O)O[C@H](C)C(=O)Nc3c(F)cccc3F)c2n1. The van der Waals surface area contributed by atoms with E-state index in [2.05, 4.69) is 15.4 Å². The van der Waals surface area contributed by atoms with Crippen molar-refractivity contribution in [2.45, 2.75) is 26.9 Å². The van der Waals surface area contributed by atoms with E-state index in [0.29, 0.717) is 11.3 Å². The first-order chi connectivity index (χ1) is 12.8. The normalized spacial score (nSPS) is 12.0. The zero-order chi connectivity index (χ0) is 19.7. The smallest absolute Gasteiger partial charge is 0.344 e. The largest absolute Gasteiger partial charge is 0.449 e. The fourth-order valence-electron chi connectivity index (χ4n) is 2.53. The van der Waals surface area contributed by atoms with E-state index in [4.69, 9.17) is 4.74 Å². The van der Waals surface area contributed by atoms with Crippen molar-refractivity contribution in [3.8, 4) is 0 Å². The highest BCUT2D eigenvalue weighted by molar-refractivity contribution is 5.99. The second kappa shape index (κ2) is 7.10. The van der Waals surface area contributed by atoms with Gasteiger partial charge in [0.15, 0.2) is 11.8 Å². The van der Waals surface area contributed by atoms with E-state index in [1.165, 1.54) is 23.7 Å². The second-order valence-corrected chi connectivity index (χ2v) is 5.97. The maximum Gasteiger partial charge on any atom is 0.344 e. The van der Waals surface area contributed by atoms with E-state index in [-0.39, 0.29) is 5.56 Å². The van der Waals surface area contributed by atoms with Crippen molar-refractivity contribution in [3.63, 3.8) is 0 Å². The molecule has 1 atom stereocenters. The minimum atomic E-state index is -1.29. The van der Waals surface area contributed by atoms with Gasteiger partial charge in [-0.15, -0.1) is 0 Å². The van der Waals surface area contributed by atoms with Crippen LogP contribution in [-0.2, 0) is 9.53 Å². The molecule has 0 aliphatic carbocycles. The van der Waals surface area contributed by atoms with E-state index in [1.54, 1.807) is 13.0 Å². The maximum atomic E-state index is 13.6. The van der Waals surface area contributed by atoms with Gasteiger partial charge in [-0.05, 0) is 39.0 Å². The number of benzene rings is 1. The van der Waals surface area contributed by atoms with Gasteiger partial charge < -0.3 is 10.1 Å². The van der Waals surface area contributed by atoms with Crippen LogP contribution in [0.4, 0.5) is 14.5 Å². The van der Waals surface area contributed by atoms with E-state index in [1.807, 2.05) is 6.92 Å². The average Bonchev–Trinajstić information content (AvgIpc) is 3.02. The number of esters is 1. The van der Waals surface area contributed by atoms with Crippen LogP contribution in [0.5, 0.6) is 0 Å². The van der Waals surface area contributed by atoms with Crippen molar-refractivity contribution in [2.24, 2.45) is 0 Å². The Morgan fingerprint density at radius 1 is 1.22 bits per heavy atom. The Hall–Kier alpha value is -3.36. The van der Waals surface area contributed by atoms with Crippen molar-refractivity contribution in [3.05, 3.63) is 59.0 Å². The summed E-state index contributed by atoms with van der Waals surface area (Å²) < 4.78 is 33.8. The molecule has 0 spiro atoms. The topological polar surface area (TPSA) is 85.6 Å². The third-order valence-electron chi connectivity index (χ3n) is 3.86. The minimum absolute atomic E-state index is 0.0820.